The first kappa shape index (κ1) is 13.5. The van der Waals surface area contributed by atoms with Crippen LogP contribution in [0.25, 0.3) is 0 Å². The Hall–Kier alpha value is -1.93. The SMILES string of the molecule is CONC(=O)c1cccc(N2C(=O)CCS2(=O)=O)c1. The van der Waals surface area contributed by atoms with Crippen molar-refractivity contribution in [1.29, 1.82) is 0 Å². The summed E-state index contributed by atoms with van der Waals surface area (Å²) in [5.41, 5.74) is 2.48. The minimum absolute atomic E-state index is 0.0448. The van der Waals surface area contributed by atoms with Crippen molar-refractivity contribution in [2.24, 2.45) is 0 Å². The summed E-state index contributed by atoms with van der Waals surface area (Å²) in [6, 6.07) is 5.78. The molecule has 1 aromatic carbocycles. The maximum atomic E-state index is 11.8. The Balaban J connectivity index is 2.39. The van der Waals surface area contributed by atoms with Gasteiger partial charge in [-0.1, -0.05) is 6.07 Å². The van der Waals surface area contributed by atoms with Gasteiger partial charge in [0, 0.05) is 12.0 Å². The third-order valence-electron chi connectivity index (χ3n) is 2.62. The normalized spacial score (nSPS) is 17.5. The van der Waals surface area contributed by atoms with Crippen LogP contribution in [0.2, 0.25) is 0 Å². The van der Waals surface area contributed by atoms with Crippen molar-refractivity contribution < 1.29 is 22.8 Å². The molecule has 0 bridgehead atoms. The van der Waals surface area contributed by atoms with Crippen molar-refractivity contribution in [3.63, 3.8) is 0 Å². The summed E-state index contributed by atoms with van der Waals surface area (Å²) < 4.78 is 24.3. The predicted octanol–water partition coefficient (Wildman–Crippen LogP) is 0.0443. The first-order valence-electron chi connectivity index (χ1n) is 5.45. The van der Waals surface area contributed by atoms with E-state index in [9.17, 15) is 18.0 Å². The number of hydrogen-bond donors (Lipinski definition) is 1. The number of benzene rings is 1. The van der Waals surface area contributed by atoms with Gasteiger partial charge in [-0.2, -0.15) is 0 Å². The van der Waals surface area contributed by atoms with E-state index in [0.29, 0.717) is 0 Å². The molecule has 0 aliphatic carbocycles. The second-order valence-electron chi connectivity index (χ2n) is 3.91. The molecule has 19 heavy (non-hydrogen) atoms. The summed E-state index contributed by atoms with van der Waals surface area (Å²) in [5.74, 6) is -1.22. The average Bonchev–Trinajstić information content (AvgIpc) is 2.64. The lowest BCUT2D eigenvalue weighted by molar-refractivity contribution is -0.116. The first-order chi connectivity index (χ1) is 8.95. The molecular weight excluding hydrogens is 272 g/mol. The van der Waals surface area contributed by atoms with Crippen LogP contribution in [-0.4, -0.2) is 33.1 Å². The molecule has 0 aromatic heterocycles. The molecule has 2 rings (SSSR count). The molecule has 0 spiro atoms. The number of rotatable bonds is 3. The van der Waals surface area contributed by atoms with Crippen LogP contribution < -0.4 is 9.79 Å². The van der Waals surface area contributed by atoms with Crippen LogP contribution in [-0.2, 0) is 19.7 Å². The van der Waals surface area contributed by atoms with Gasteiger partial charge in [-0.05, 0) is 18.2 Å². The zero-order chi connectivity index (χ0) is 14.0. The molecule has 1 heterocycles. The number of amides is 2. The highest BCUT2D eigenvalue weighted by molar-refractivity contribution is 7.94. The van der Waals surface area contributed by atoms with Crippen molar-refractivity contribution in [3.05, 3.63) is 29.8 Å². The summed E-state index contributed by atoms with van der Waals surface area (Å²) in [6.45, 7) is 0. The quantitative estimate of drug-likeness (QED) is 0.791. The van der Waals surface area contributed by atoms with Crippen LogP contribution >= 0.6 is 0 Å². The van der Waals surface area contributed by atoms with E-state index in [1.807, 2.05) is 0 Å². The number of nitrogens with zero attached hydrogens (tertiary/aromatic N) is 1. The Morgan fingerprint density at radius 2 is 2.16 bits per heavy atom. The van der Waals surface area contributed by atoms with Crippen molar-refractivity contribution >= 4 is 27.5 Å². The van der Waals surface area contributed by atoms with Gasteiger partial charge in [-0.25, -0.2) is 18.2 Å². The van der Waals surface area contributed by atoms with Crippen LogP contribution in [0, 0.1) is 0 Å². The number of hydroxylamine groups is 1. The number of anilines is 1. The van der Waals surface area contributed by atoms with E-state index in [1.54, 1.807) is 0 Å². The summed E-state index contributed by atoms with van der Waals surface area (Å²) in [7, 11) is -2.34. The van der Waals surface area contributed by atoms with E-state index >= 15 is 0 Å². The maximum absolute atomic E-state index is 11.8. The largest absolute Gasteiger partial charge is 0.277 e. The van der Waals surface area contributed by atoms with E-state index in [2.05, 4.69) is 10.3 Å². The van der Waals surface area contributed by atoms with E-state index in [4.69, 9.17) is 0 Å². The van der Waals surface area contributed by atoms with Crippen molar-refractivity contribution in [3.8, 4) is 0 Å². The molecular formula is C11H12N2O5S. The molecule has 2 amide bonds. The summed E-state index contributed by atoms with van der Waals surface area (Å²) >= 11 is 0. The Labute approximate surface area is 110 Å². The second-order valence-corrected chi connectivity index (χ2v) is 5.85. The molecule has 1 aliphatic heterocycles. The highest BCUT2D eigenvalue weighted by Crippen LogP contribution is 2.25. The maximum Gasteiger partial charge on any atom is 0.274 e. The van der Waals surface area contributed by atoms with Crippen molar-refractivity contribution in [2.75, 3.05) is 17.2 Å². The Kier molecular flexibility index (Phi) is 3.54. The lowest BCUT2D eigenvalue weighted by Gasteiger charge is -2.15. The van der Waals surface area contributed by atoms with Crippen LogP contribution in [0.15, 0.2) is 24.3 Å². The van der Waals surface area contributed by atoms with Gasteiger partial charge in [0.15, 0.2) is 0 Å². The predicted molar refractivity (Wildman–Crippen MR) is 66.8 cm³/mol. The van der Waals surface area contributed by atoms with Gasteiger partial charge < -0.3 is 0 Å². The van der Waals surface area contributed by atoms with Crippen molar-refractivity contribution in [1.82, 2.24) is 5.48 Å². The summed E-state index contributed by atoms with van der Waals surface area (Å²) in [5, 5.41) is 0. The monoisotopic (exact) mass is 284 g/mol. The van der Waals surface area contributed by atoms with Crippen molar-refractivity contribution in [2.45, 2.75) is 6.42 Å². The third kappa shape index (κ3) is 2.59. The van der Waals surface area contributed by atoms with E-state index in [0.717, 1.165) is 4.31 Å². The van der Waals surface area contributed by atoms with E-state index in [1.165, 1.54) is 31.4 Å². The van der Waals surface area contributed by atoms with E-state index in [-0.39, 0.29) is 23.4 Å². The van der Waals surface area contributed by atoms with Gasteiger partial charge in [-0.15, -0.1) is 0 Å². The number of hydrogen-bond acceptors (Lipinski definition) is 5. The fourth-order valence-electron chi connectivity index (χ4n) is 1.79. The number of nitrogens with one attached hydrogen (secondary N) is 1. The molecule has 1 aromatic rings. The molecule has 102 valence electrons. The molecule has 1 N–H and O–H groups in total. The smallest absolute Gasteiger partial charge is 0.274 e. The molecule has 0 unspecified atom stereocenters. The van der Waals surface area contributed by atoms with Gasteiger partial charge in [0.05, 0.1) is 18.6 Å². The van der Waals surface area contributed by atoms with Crippen LogP contribution in [0.3, 0.4) is 0 Å². The topological polar surface area (TPSA) is 92.8 Å². The Morgan fingerprint density at radius 1 is 1.42 bits per heavy atom. The summed E-state index contributed by atoms with van der Waals surface area (Å²) in [6.07, 6.45) is -0.0448. The zero-order valence-electron chi connectivity index (χ0n) is 10.1. The zero-order valence-corrected chi connectivity index (χ0v) is 10.9. The Morgan fingerprint density at radius 3 is 2.74 bits per heavy atom. The molecule has 0 atom stereocenters. The minimum Gasteiger partial charge on any atom is -0.277 e. The molecule has 8 heteroatoms. The van der Waals surface area contributed by atoms with Gasteiger partial charge in [0.25, 0.3) is 5.91 Å². The van der Waals surface area contributed by atoms with Gasteiger partial charge in [-0.3, -0.25) is 14.4 Å². The lowest BCUT2D eigenvalue weighted by atomic mass is 10.2. The molecule has 1 aliphatic rings. The fourth-order valence-corrected chi connectivity index (χ4v) is 3.25. The third-order valence-corrected chi connectivity index (χ3v) is 4.31. The van der Waals surface area contributed by atoms with E-state index < -0.39 is 21.8 Å². The second kappa shape index (κ2) is 4.98. The van der Waals surface area contributed by atoms with Gasteiger partial charge in [0.2, 0.25) is 15.9 Å². The number of sulfonamides is 1. The fraction of sp³-hybridized carbons (Fsp3) is 0.273. The molecule has 1 saturated heterocycles. The lowest BCUT2D eigenvalue weighted by Crippen LogP contribution is -2.29. The minimum atomic E-state index is -3.62. The number of carbonyl (C=O) groups excluding carboxylic acids is 2. The molecule has 0 radical (unpaired) electrons. The van der Waals surface area contributed by atoms with Crippen LogP contribution in [0.5, 0.6) is 0 Å². The molecule has 7 nitrogen and oxygen atoms in total. The number of carbonyl (C=O) groups is 2. The highest BCUT2D eigenvalue weighted by Gasteiger charge is 2.36. The molecule has 0 saturated carbocycles. The summed E-state index contributed by atoms with van der Waals surface area (Å²) in [4.78, 5) is 27.7. The van der Waals surface area contributed by atoms with Crippen LogP contribution in [0.4, 0.5) is 5.69 Å². The van der Waals surface area contributed by atoms with Crippen LogP contribution in [0.1, 0.15) is 16.8 Å². The Bertz CT molecular complexity index is 626. The van der Waals surface area contributed by atoms with Gasteiger partial charge in [0.1, 0.15) is 0 Å². The first-order valence-corrected chi connectivity index (χ1v) is 7.06. The molecule has 1 fully saturated rings. The standard InChI is InChI=1S/C11H12N2O5S/c1-18-12-11(15)8-3-2-4-9(7-8)13-10(14)5-6-19(13,16)17/h2-4,7H,5-6H2,1H3,(H,12,15). The average molecular weight is 284 g/mol. The highest BCUT2D eigenvalue weighted by atomic mass is 32.2. The van der Waals surface area contributed by atoms with Gasteiger partial charge >= 0.3 is 0 Å².